The van der Waals surface area contributed by atoms with Gasteiger partial charge in [0.25, 0.3) is 5.91 Å². The lowest BCUT2D eigenvalue weighted by Crippen LogP contribution is -2.40. The highest BCUT2D eigenvalue weighted by Crippen LogP contribution is 2.40. The monoisotopic (exact) mass is 277 g/mol. The van der Waals surface area contributed by atoms with E-state index >= 15 is 0 Å². The molecule has 1 aliphatic heterocycles. The Morgan fingerprint density at radius 3 is 3.00 bits per heavy atom. The number of rotatable bonds is 5. The summed E-state index contributed by atoms with van der Waals surface area (Å²) in [5, 5.41) is 7.04. The van der Waals surface area contributed by atoms with Crippen molar-refractivity contribution in [2.24, 2.45) is 5.92 Å². The van der Waals surface area contributed by atoms with Gasteiger partial charge in [-0.15, -0.1) is 0 Å². The summed E-state index contributed by atoms with van der Waals surface area (Å²) in [5.41, 5.74) is 0.428. The molecule has 2 atom stereocenters. The first kappa shape index (κ1) is 13.6. The number of amides is 1. The highest BCUT2D eigenvalue weighted by molar-refractivity contribution is 5.92. The fraction of sp³-hybridized carbons (Fsp3) is 0.733. The van der Waals surface area contributed by atoms with Crippen molar-refractivity contribution in [2.45, 2.75) is 44.6 Å². The number of nitrogens with zero attached hydrogens (tertiary/aromatic N) is 2. The molecule has 1 saturated heterocycles. The molecule has 1 N–H and O–H groups in total. The third-order valence-corrected chi connectivity index (χ3v) is 4.34. The van der Waals surface area contributed by atoms with Gasteiger partial charge in [0, 0.05) is 31.1 Å². The Balaban J connectivity index is 1.61. The van der Waals surface area contributed by atoms with Crippen molar-refractivity contribution in [3.8, 4) is 0 Å². The Kier molecular flexibility index (Phi) is 3.78. The van der Waals surface area contributed by atoms with E-state index in [4.69, 9.17) is 4.52 Å². The molecule has 1 aliphatic carbocycles. The second-order valence-electron chi connectivity index (χ2n) is 6.24. The molecule has 20 heavy (non-hydrogen) atoms. The minimum absolute atomic E-state index is 0.0953. The second-order valence-corrected chi connectivity index (χ2v) is 6.24. The van der Waals surface area contributed by atoms with E-state index < -0.39 is 0 Å². The van der Waals surface area contributed by atoms with Crippen molar-refractivity contribution in [3.05, 3.63) is 17.5 Å². The van der Waals surface area contributed by atoms with Crippen molar-refractivity contribution in [1.82, 2.24) is 15.4 Å². The lowest BCUT2D eigenvalue weighted by molar-refractivity contribution is 0.0920. The molecule has 2 fully saturated rings. The number of likely N-dealkylation sites (tertiary alicyclic amines) is 1. The third kappa shape index (κ3) is 2.87. The van der Waals surface area contributed by atoms with Crippen molar-refractivity contribution in [2.75, 3.05) is 20.1 Å². The molecule has 110 valence electrons. The number of hydrogen-bond acceptors (Lipinski definition) is 4. The van der Waals surface area contributed by atoms with E-state index in [1.54, 1.807) is 6.07 Å². The maximum atomic E-state index is 12.3. The predicted octanol–water partition coefficient (Wildman–Crippen LogP) is 2.01. The molecule has 2 unspecified atom stereocenters. The van der Waals surface area contributed by atoms with Gasteiger partial charge in [0.1, 0.15) is 5.76 Å². The first-order chi connectivity index (χ1) is 9.67. The van der Waals surface area contributed by atoms with Crippen LogP contribution in [0.15, 0.2) is 10.6 Å². The Morgan fingerprint density at radius 2 is 2.30 bits per heavy atom. The SMILES string of the molecule is CCCC1CN(C)CC1NC(=O)c1cc(C2CC2)on1. The van der Waals surface area contributed by atoms with Crippen LogP contribution in [-0.4, -0.2) is 42.1 Å². The van der Waals surface area contributed by atoms with E-state index in [9.17, 15) is 4.79 Å². The lowest BCUT2D eigenvalue weighted by atomic mass is 9.98. The number of carbonyl (C=O) groups excluding carboxylic acids is 1. The molecule has 3 rings (SSSR count). The quantitative estimate of drug-likeness (QED) is 0.894. The molecule has 2 heterocycles. The third-order valence-electron chi connectivity index (χ3n) is 4.34. The van der Waals surface area contributed by atoms with Crippen LogP contribution < -0.4 is 5.32 Å². The summed E-state index contributed by atoms with van der Waals surface area (Å²) in [4.78, 5) is 14.5. The predicted molar refractivity (Wildman–Crippen MR) is 75.6 cm³/mol. The Hall–Kier alpha value is -1.36. The van der Waals surface area contributed by atoms with Crippen molar-refractivity contribution < 1.29 is 9.32 Å². The summed E-state index contributed by atoms with van der Waals surface area (Å²) < 4.78 is 5.25. The molecule has 5 heteroatoms. The summed E-state index contributed by atoms with van der Waals surface area (Å²) in [6.45, 7) is 4.17. The number of hydrogen-bond donors (Lipinski definition) is 1. The second kappa shape index (κ2) is 5.56. The van der Waals surface area contributed by atoms with Crippen molar-refractivity contribution in [1.29, 1.82) is 0 Å². The molecule has 0 spiro atoms. The Bertz CT molecular complexity index is 481. The van der Waals surface area contributed by atoms with Gasteiger partial charge < -0.3 is 14.7 Å². The molecule has 1 aromatic heterocycles. The van der Waals surface area contributed by atoms with Crippen LogP contribution in [0.4, 0.5) is 0 Å². The van der Waals surface area contributed by atoms with E-state index in [2.05, 4.69) is 29.3 Å². The smallest absolute Gasteiger partial charge is 0.273 e. The summed E-state index contributed by atoms with van der Waals surface area (Å²) in [6.07, 6.45) is 4.62. The topological polar surface area (TPSA) is 58.4 Å². The fourth-order valence-electron chi connectivity index (χ4n) is 3.11. The lowest BCUT2D eigenvalue weighted by Gasteiger charge is -2.18. The minimum Gasteiger partial charge on any atom is -0.360 e. The van der Waals surface area contributed by atoms with Gasteiger partial charge in [0.05, 0.1) is 0 Å². The van der Waals surface area contributed by atoms with E-state index in [0.717, 1.165) is 44.5 Å². The van der Waals surface area contributed by atoms with Crippen LogP contribution in [0.1, 0.15) is 54.8 Å². The number of likely N-dealkylation sites (N-methyl/N-ethyl adjacent to an activating group) is 1. The molecule has 2 aliphatic rings. The van der Waals surface area contributed by atoms with Gasteiger partial charge in [-0.2, -0.15) is 0 Å². The van der Waals surface area contributed by atoms with Crippen molar-refractivity contribution >= 4 is 5.91 Å². The maximum absolute atomic E-state index is 12.3. The molecule has 5 nitrogen and oxygen atoms in total. The van der Waals surface area contributed by atoms with Crippen LogP contribution in [-0.2, 0) is 0 Å². The fourth-order valence-corrected chi connectivity index (χ4v) is 3.11. The van der Waals surface area contributed by atoms with Gasteiger partial charge in [0.2, 0.25) is 0 Å². The largest absolute Gasteiger partial charge is 0.360 e. The average Bonchev–Trinajstić information content (AvgIpc) is 3.04. The first-order valence-electron chi connectivity index (χ1n) is 7.63. The molecule has 0 radical (unpaired) electrons. The minimum atomic E-state index is -0.0953. The number of aromatic nitrogens is 1. The molecular formula is C15H23N3O2. The molecule has 1 aromatic rings. The van der Waals surface area contributed by atoms with Gasteiger partial charge >= 0.3 is 0 Å². The van der Waals surface area contributed by atoms with Crippen LogP contribution in [0.5, 0.6) is 0 Å². The van der Waals surface area contributed by atoms with Gasteiger partial charge in [-0.25, -0.2) is 0 Å². The highest BCUT2D eigenvalue weighted by atomic mass is 16.5. The van der Waals surface area contributed by atoms with E-state index in [1.807, 2.05) is 0 Å². The molecule has 1 amide bonds. The van der Waals surface area contributed by atoms with Crippen LogP contribution >= 0.6 is 0 Å². The first-order valence-corrected chi connectivity index (χ1v) is 7.63. The summed E-state index contributed by atoms with van der Waals surface area (Å²) in [5.74, 6) is 1.81. The molecule has 0 aromatic carbocycles. The van der Waals surface area contributed by atoms with Crippen LogP contribution in [0.25, 0.3) is 0 Å². The highest BCUT2D eigenvalue weighted by Gasteiger charge is 2.33. The van der Waals surface area contributed by atoms with Gasteiger partial charge in [-0.05, 0) is 32.2 Å². The Morgan fingerprint density at radius 1 is 1.50 bits per heavy atom. The standard InChI is InChI=1S/C15H23N3O2/c1-3-4-11-8-18(2)9-13(11)16-15(19)12-7-14(20-17-12)10-5-6-10/h7,10-11,13H,3-6,8-9H2,1-2H3,(H,16,19). The summed E-state index contributed by atoms with van der Waals surface area (Å²) in [7, 11) is 2.11. The zero-order chi connectivity index (χ0) is 14.1. The van der Waals surface area contributed by atoms with Crippen LogP contribution in [0.3, 0.4) is 0 Å². The summed E-state index contributed by atoms with van der Waals surface area (Å²) >= 11 is 0. The van der Waals surface area contributed by atoms with Crippen molar-refractivity contribution in [3.63, 3.8) is 0 Å². The normalized spacial score (nSPS) is 26.9. The summed E-state index contributed by atoms with van der Waals surface area (Å²) in [6, 6.07) is 2.04. The maximum Gasteiger partial charge on any atom is 0.273 e. The number of carbonyl (C=O) groups is 1. The van der Waals surface area contributed by atoms with E-state index in [1.165, 1.54) is 0 Å². The average molecular weight is 277 g/mol. The molecular weight excluding hydrogens is 254 g/mol. The molecule has 1 saturated carbocycles. The number of nitrogens with one attached hydrogen (secondary N) is 1. The zero-order valence-electron chi connectivity index (χ0n) is 12.3. The molecule has 0 bridgehead atoms. The van der Waals surface area contributed by atoms with Gasteiger partial charge in [0.15, 0.2) is 5.69 Å². The van der Waals surface area contributed by atoms with E-state index in [0.29, 0.717) is 17.5 Å². The van der Waals surface area contributed by atoms with Crippen LogP contribution in [0.2, 0.25) is 0 Å². The Labute approximate surface area is 119 Å². The van der Waals surface area contributed by atoms with E-state index in [-0.39, 0.29) is 11.9 Å². The van der Waals surface area contributed by atoms with Crippen LogP contribution in [0, 0.1) is 5.92 Å². The van der Waals surface area contributed by atoms with Gasteiger partial charge in [-0.3, -0.25) is 4.79 Å². The zero-order valence-corrected chi connectivity index (χ0v) is 12.3. The van der Waals surface area contributed by atoms with Gasteiger partial charge in [-0.1, -0.05) is 18.5 Å².